The van der Waals surface area contributed by atoms with Crippen LogP contribution >= 0.6 is 15.9 Å². The third-order valence-electron chi connectivity index (χ3n) is 4.12. The van der Waals surface area contributed by atoms with E-state index in [0.717, 1.165) is 4.47 Å². The molecule has 2 aromatic rings. The van der Waals surface area contributed by atoms with Crippen molar-refractivity contribution in [3.05, 3.63) is 58.6 Å². The lowest BCUT2D eigenvalue weighted by molar-refractivity contribution is -0.119. The Bertz CT molecular complexity index is 1010. The number of morpholine rings is 1. The van der Waals surface area contributed by atoms with Crippen LogP contribution in [0.3, 0.4) is 0 Å². The molecule has 0 radical (unpaired) electrons. The number of carbonyl (C=O) groups is 2. The zero-order chi connectivity index (χ0) is 20.9. The van der Waals surface area contributed by atoms with E-state index < -0.39 is 28.5 Å². The van der Waals surface area contributed by atoms with Crippen LogP contribution in [-0.2, 0) is 24.3 Å². The van der Waals surface area contributed by atoms with Gasteiger partial charge in [0, 0.05) is 23.2 Å². The Balaban J connectivity index is 1.61. The smallest absolute Gasteiger partial charge is 0.338 e. The number of hydrogen-bond acceptors (Lipinski definition) is 6. The lowest BCUT2D eigenvalue weighted by atomic mass is 10.2. The molecule has 0 aliphatic carbocycles. The topological polar surface area (TPSA) is 102 Å². The van der Waals surface area contributed by atoms with Crippen LogP contribution in [0.4, 0.5) is 5.69 Å². The highest BCUT2D eigenvalue weighted by Gasteiger charge is 2.26. The molecule has 3 rings (SSSR count). The summed E-state index contributed by atoms with van der Waals surface area (Å²) in [6, 6.07) is 12.5. The average Bonchev–Trinajstić information content (AvgIpc) is 2.73. The van der Waals surface area contributed by atoms with E-state index in [2.05, 4.69) is 21.2 Å². The number of anilines is 1. The Morgan fingerprint density at radius 2 is 1.83 bits per heavy atom. The molecule has 10 heteroatoms. The first-order chi connectivity index (χ1) is 13.9. The lowest BCUT2D eigenvalue weighted by Gasteiger charge is -2.26. The van der Waals surface area contributed by atoms with Gasteiger partial charge in [-0.1, -0.05) is 28.1 Å². The van der Waals surface area contributed by atoms with Crippen molar-refractivity contribution >= 4 is 43.5 Å². The van der Waals surface area contributed by atoms with Crippen LogP contribution in [0.5, 0.6) is 0 Å². The van der Waals surface area contributed by atoms with Gasteiger partial charge in [-0.15, -0.1) is 0 Å². The van der Waals surface area contributed by atoms with Gasteiger partial charge < -0.3 is 14.8 Å². The Kier molecular flexibility index (Phi) is 7.01. The van der Waals surface area contributed by atoms with E-state index in [1.807, 2.05) is 0 Å². The summed E-state index contributed by atoms with van der Waals surface area (Å²) in [7, 11) is -3.67. The van der Waals surface area contributed by atoms with Gasteiger partial charge in [-0.3, -0.25) is 4.79 Å². The van der Waals surface area contributed by atoms with Crippen molar-refractivity contribution in [2.45, 2.75) is 4.90 Å². The Labute approximate surface area is 177 Å². The van der Waals surface area contributed by atoms with Gasteiger partial charge in [-0.25, -0.2) is 13.2 Å². The molecule has 0 spiro atoms. The second-order valence-electron chi connectivity index (χ2n) is 6.18. The average molecular weight is 483 g/mol. The zero-order valence-corrected chi connectivity index (χ0v) is 17.7. The van der Waals surface area contributed by atoms with Gasteiger partial charge in [0.05, 0.1) is 23.7 Å². The number of hydrogen-bond donors (Lipinski definition) is 1. The van der Waals surface area contributed by atoms with Gasteiger partial charge in [0.2, 0.25) is 10.0 Å². The van der Waals surface area contributed by atoms with Crippen LogP contribution < -0.4 is 5.32 Å². The summed E-state index contributed by atoms with van der Waals surface area (Å²) in [5.41, 5.74) is 0.605. The minimum atomic E-state index is -3.67. The number of carbonyl (C=O) groups excluding carboxylic acids is 2. The maximum absolute atomic E-state index is 12.7. The summed E-state index contributed by atoms with van der Waals surface area (Å²) >= 11 is 3.26. The van der Waals surface area contributed by atoms with Crippen molar-refractivity contribution < 1.29 is 27.5 Å². The highest BCUT2D eigenvalue weighted by Crippen LogP contribution is 2.20. The molecule has 0 bridgehead atoms. The fourth-order valence-electron chi connectivity index (χ4n) is 2.70. The Morgan fingerprint density at radius 3 is 2.55 bits per heavy atom. The van der Waals surface area contributed by atoms with Gasteiger partial charge in [-0.05, 0) is 36.4 Å². The minimum absolute atomic E-state index is 0.0725. The standard InChI is InChI=1S/C19H19BrN2O6S/c20-15-4-1-3-14(11-15)19(24)28-13-18(23)21-16-5-2-6-17(12-16)29(25,26)22-7-9-27-10-8-22/h1-6,11-12H,7-10,13H2,(H,21,23). The van der Waals surface area contributed by atoms with Crippen LogP contribution in [0.15, 0.2) is 57.9 Å². The molecule has 8 nitrogen and oxygen atoms in total. The van der Waals surface area contributed by atoms with Crippen molar-refractivity contribution in [2.75, 3.05) is 38.2 Å². The maximum Gasteiger partial charge on any atom is 0.338 e. The molecule has 0 saturated carbocycles. The first-order valence-corrected chi connectivity index (χ1v) is 11.0. The van der Waals surface area contributed by atoms with Crippen LogP contribution in [0, 0.1) is 0 Å². The summed E-state index contributed by atoms with van der Waals surface area (Å²) in [5.74, 6) is -1.21. The van der Waals surface area contributed by atoms with Crippen LogP contribution in [0.1, 0.15) is 10.4 Å². The van der Waals surface area contributed by atoms with E-state index in [-0.39, 0.29) is 18.0 Å². The van der Waals surface area contributed by atoms with E-state index in [9.17, 15) is 18.0 Å². The van der Waals surface area contributed by atoms with E-state index >= 15 is 0 Å². The zero-order valence-electron chi connectivity index (χ0n) is 15.3. The van der Waals surface area contributed by atoms with Gasteiger partial charge in [-0.2, -0.15) is 4.31 Å². The molecule has 1 heterocycles. The summed E-state index contributed by atoms with van der Waals surface area (Å²) < 4.78 is 37.7. The first-order valence-electron chi connectivity index (χ1n) is 8.77. The molecular weight excluding hydrogens is 464 g/mol. The van der Waals surface area contributed by atoms with Crippen LogP contribution in [0.2, 0.25) is 0 Å². The van der Waals surface area contributed by atoms with Crippen molar-refractivity contribution in [1.29, 1.82) is 0 Å². The highest BCUT2D eigenvalue weighted by molar-refractivity contribution is 9.10. The number of ether oxygens (including phenoxy) is 2. The van der Waals surface area contributed by atoms with E-state index in [1.54, 1.807) is 30.3 Å². The molecular formula is C19H19BrN2O6S. The van der Waals surface area contributed by atoms with Gasteiger partial charge in [0.15, 0.2) is 6.61 Å². The Morgan fingerprint density at radius 1 is 1.10 bits per heavy atom. The molecule has 1 saturated heterocycles. The quantitative estimate of drug-likeness (QED) is 0.633. The summed E-state index contributed by atoms with van der Waals surface area (Å²) in [4.78, 5) is 24.2. The lowest BCUT2D eigenvalue weighted by Crippen LogP contribution is -2.40. The van der Waals surface area contributed by atoms with E-state index in [1.165, 1.54) is 22.5 Å². The molecule has 0 unspecified atom stereocenters. The largest absolute Gasteiger partial charge is 0.452 e. The SMILES string of the molecule is O=C(COC(=O)c1cccc(Br)c1)Nc1cccc(S(=O)(=O)N2CCOCC2)c1. The number of esters is 1. The predicted molar refractivity (Wildman–Crippen MR) is 109 cm³/mol. The second-order valence-corrected chi connectivity index (χ2v) is 9.03. The number of nitrogens with zero attached hydrogens (tertiary/aromatic N) is 1. The number of amides is 1. The van der Waals surface area contributed by atoms with Crippen molar-refractivity contribution in [2.24, 2.45) is 0 Å². The van der Waals surface area contributed by atoms with Crippen LogP contribution in [0.25, 0.3) is 0 Å². The molecule has 0 aromatic heterocycles. The first kappa shape index (κ1) is 21.4. The second kappa shape index (κ2) is 9.49. The van der Waals surface area contributed by atoms with E-state index in [4.69, 9.17) is 9.47 Å². The number of benzene rings is 2. The summed E-state index contributed by atoms with van der Waals surface area (Å²) in [5, 5.41) is 2.54. The number of sulfonamides is 1. The minimum Gasteiger partial charge on any atom is -0.452 e. The molecule has 2 aromatic carbocycles. The maximum atomic E-state index is 12.7. The third-order valence-corrected chi connectivity index (χ3v) is 6.51. The predicted octanol–water partition coefficient (Wildman–Crippen LogP) is 2.27. The molecule has 1 aliphatic rings. The van der Waals surface area contributed by atoms with Gasteiger partial charge in [0.1, 0.15) is 0 Å². The van der Waals surface area contributed by atoms with Gasteiger partial charge >= 0.3 is 5.97 Å². The Hall–Kier alpha value is -2.27. The normalized spacial score (nSPS) is 14.9. The molecule has 1 amide bonds. The molecule has 29 heavy (non-hydrogen) atoms. The van der Waals surface area contributed by atoms with Crippen molar-refractivity contribution in [1.82, 2.24) is 4.31 Å². The van der Waals surface area contributed by atoms with E-state index in [0.29, 0.717) is 24.5 Å². The third kappa shape index (κ3) is 5.63. The molecule has 1 aliphatic heterocycles. The highest BCUT2D eigenvalue weighted by atomic mass is 79.9. The molecule has 0 atom stereocenters. The van der Waals surface area contributed by atoms with Crippen molar-refractivity contribution in [3.8, 4) is 0 Å². The summed E-state index contributed by atoms with van der Waals surface area (Å²) in [6.07, 6.45) is 0. The summed E-state index contributed by atoms with van der Waals surface area (Å²) in [6.45, 7) is 0.763. The fraction of sp³-hybridized carbons (Fsp3) is 0.263. The van der Waals surface area contributed by atoms with Crippen molar-refractivity contribution in [3.63, 3.8) is 0 Å². The fourth-order valence-corrected chi connectivity index (χ4v) is 4.55. The molecule has 1 N–H and O–H groups in total. The number of rotatable bonds is 6. The van der Waals surface area contributed by atoms with Gasteiger partial charge in [0.25, 0.3) is 5.91 Å². The monoisotopic (exact) mass is 482 g/mol. The number of halogens is 1. The molecule has 1 fully saturated rings. The molecule has 154 valence electrons. The van der Waals surface area contributed by atoms with Crippen LogP contribution in [-0.4, -0.2) is 57.5 Å². The number of nitrogens with one attached hydrogen (secondary N) is 1.